The first-order valence-electron chi connectivity index (χ1n) is 7.57. The zero-order valence-corrected chi connectivity index (χ0v) is 12.6. The van der Waals surface area contributed by atoms with Crippen molar-refractivity contribution >= 4 is 17.3 Å². The van der Waals surface area contributed by atoms with Crippen LogP contribution in [0.1, 0.15) is 11.6 Å². The molecule has 2 fully saturated rings. The predicted octanol–water partition coefficient (Wildman–Crippen LogP) is 2.63. The number of para-hydroxylation sites is 1. The number of anilines is 1. The van der Waals surface area contributed by atoms with Crippen LogP contribution in [0, 0.1) is 16.0 Å². The van der Waals surface area contributed by atoms with Gasteiger partial charge in [0.1, 0.15) is 18.6 Å². The van der Waals surface area contributed by atoms with Crippen molar-refractivity contribution in [2.24, 2.45) is 5.92 Å². The van der Waals surface area contributed by atoms with E-state index in [9.17, 15) is 14.9 Å². The third kappa shape index (κ3) is 2.30. The second-order valence-electron chi connectivity index (χ2n) is 5.75. The molecule has 0 radical (unpaired) electrons. The zero-order valence-electron chi connectivity index (χ0n) is 12.6. The van der Waals surface area contributed by atoms with Gasteiger partial charge in [-0.1, -0.05) is 30.3 Å². The quantitative estimate of drug-likeness (QED) is 0.490. The Morgan fingerprint density at radius 2 is 1.79 bits per heavy atom. The smallest absolute Gasteiger partial charge is 0.314 e. The average Bonchev–Trinajstić information content (AvgIpc) is 3.16. The Balaban J connectivity index is 1.75. The van der Waals surface area contributed by atoms with Gasteiger partial charge in [-0.2, -0.15) is 0 Å². The molecule has 2 aliphatic heterocycles. The summed E-state index contributed by atoms with van der Waals surface area (Å²) in [7, 11) is 0. The van der Waals surface area contributed by atoms with Crippen molar-refractivity contribution in [3.63, 3.8) is 0 Å². The maximum absolute atomic E-state index is 12.2. The summed E-state index contributed by atoms with van der Waals surface area (Å²) in [6.07, 6.45) is -0.349. The largest absolute Gasteiger partial charge is 0.462 e. The van der Waals surface area contributed by atoms with E-state index in [0.717, 1.165) is 11.3 Å². The predicted molar refractivity (Wildman–Crippen MR) is 84.1 cm³/mol. The molecule has 0 spiro atoms. The van der Waals surface area contributed by atoms with Gasteiger partial charge in [0.05, 0.1) is 16.7 Å². The molecule has 0 N–H and O–H groups in total. The van der Waals surface area contributed by atoms with Crippen LogP contribution in [-0.4, -0.2) is 23.6 Å². The van der Waals surface area contributed by atoms with Crippen LogP contribution in [0.15, 0.2) is 54.6 Å². The van der Waals surface area contributed by atoms with Crippen LogP contribution < -0.4 is 5.06 Å². The first-order valence-corrected chi connectivity index (χ1v) is 7.57. The Labute approximate surface area is 137 Å². The molecule has 0 bridgehead atoms. The standard InChI is InChI=1S/C17H14N2O5/c20-17-15-14(10-23-17)24-18(12-4-2-1-3-5-12)16(15)11-6-8-13(9-7-11)19(21)22/h1-9,14-16H,10H2/t14-,15+,16-/m1/s1. The number of fused-ring (bicyclic) bond motifs is 1. The highest BCUT2D eigenvalue weighted by atomic mass is 16.7. The third-order valence-corrected chi connectivity index (χ3v) is 4.36. The molecule has 0 amide bonds. The van der Waals surface area contributed by atoms with Crippen LogP contribution in [0.3, 0.4) is 0 Å². The molecular formula is C17H14N2O5. The van der Waals surface area contributed by atoms with Gasteiger partial charge >= 0.3 is 5.97 Å². The fraction of sp³-hybridized carbons (Fsp3) is 0.235. The van der Waals surface area contributed by atoms with Crippen molar-refractivity contribution in [1.82, 2.24) is 0 Å². The van der Waals surface area contributed by atoms with Gasteiger partial charge in [0.2, 0.25) is 0 Å². The molecule has 3 atom stereocenters. The molecule has 0 aliphatic carbocycles. The molecule has 0 saturated carbocycles. The molecule has 2 heterocycles. The first kappa shape index (κ1) is 14.6. The lowest BCUT2D eigenvalue weighted by atomic mass is 9.91. The van der Waals surface area contributed by atoms with Gasteiger partial charge in [-0.3, -0.25) is 19.7 Å². The average molecular weight is 326 g/mol. The van der Waals surface area contributed by atoms with Gasteiger partial charge < -0.3 is 4.74 Å². The number of esters is 1. The molecule has 122 valence electrons. The van der Waals surface area contributed by atoms with Gasteiger partial charge in [0.15, 0.2) is 0 Å². The maximum Gasteiger partial charge on any atom is 0.314 e. The summed E-state index contributed by atoms with van der Waals surface area (Å²) in [5, 5.41) is 12.6. The number of hydroxylamine groups is 1. The van der Waals surface area contributed by atoms with Crippen LogP contribution in [-0.2, 0) is 14.4 Å². The highest BCUT2D eigenvalue weighted by Gasteiger charge is 2.53. The fourth-order valence-electron chi connectivity index (χ4n) is 3.23. The van der Waals surface area contributed by atoms with Crippen LogP contribution in [0.5, 0.6) is 0 Å². The first-order chi connectivity index (χ1) is 11.6. The van der Waals surface area contributed by atoms with Crippen molar-refractivity contribution in [2.75, 3.05) is 11.7 Å². The third-order valence-electron chi connectivity index (χ3n) is 4.36. The number of carbonyl (C=O) groups is 1. The topological polar surface area (TPSA) is 81.9 Å². The molecule has 0 aromatic heterocycles. The van der Waals surface area contributed by atoms with Gasteiger partial charge in [0, 0.05) is 12.1 Å². The van der Waals surface area contributed by atoms with Crippen LogP contribution in [0.2, 0.25) is 0 Å². The van der Waals surface area contributed by atoms with E-state index in [-0.39, 0.29) is 30.4 Å². The van der Waals surface area contributed by atoms with Gasteiger partial charge in [-0.25, -0.2) is 5.06 Å². The number of carbonyl (C=O) groups excluding carboxylic acids is 1. The number of nitro benzene ring substituents is 1. The van der Waals surface area contributed by atoms with Gasteiger partial charge in [-0.15, -0.1) is 0 Å². The SMILES string of the molecule is O=C1OC[C@H]2ON(c3ccccc3)[C@H](c3ccc([N+](=O)[O-])cc3)[C@@H]12. The molecule has 24 heavy (non-hydrogen) atoms. The minimum Gasteiger partial charge on any atom is -0.462 e. The van der Waals surface area contributed by atoms with Crippen LogP contribution in [0.4, 0.5) is 11.4 Å². The van der Waals surface area contributed by atoms with E-state index < -0.39 is 10.8 Å². The van der Waals surface area contributed by atoms with Crippen LogP contribution in [0.25, 0.3) is 0 Å². The van der Waals surface area contributed by atoms with Crippen molar-refractivity contribution in [3.05, 3.63) is 70.3 Å². The number of nitrogens with zero attached hydrogens (tertiary/aromatic N) is 2. The maximum atomic E-state index is 12.2. The monoisotopic (exact) mass is 326 g/mol. The van der Waals surface area contributed by atoms with E-state index in [1.165, 1.54) is 12.1 Å². The Bertz CT molecular complexity index is 777. The van der Waals surface area contributed by atoms with E-state index in [2.05, 4.69) is 0 Å². The normalized spacial score (nSPS) is 25.4. The highest BCUT2D eigenvalue weighted by Crippen LogP contribution is 2.45. The van der Waals surface area contributed by atoms with E-state index in [0.29, 0.717) is 0 Å². The summed E-state index contributed by atoms with van der Waals surface area (Å²) in [5.74, 6) is -0.756. The molecule has 0 unspecified atom stereocenters. The molecule has 4 rings (SSSR count). The number of rotatable bonds is 3. The van der Waals surface area contributed by atoms with Gasteiger partial charge in [-0.05, 0) is 17.7 Å². The lowest BCUT2D eigenvalue weighted by Crippen LogP contribution is -2.27. The minimum atomic E-state index is -0.452. The summed E-state index contributed by atoms with van der Waals surface area (Å²) < 4.78 is 5.12. The van der Waals surface area contributed by atoms with Crippen molar-refractivity contribution < 1.29 is 19.3 Å². The van der Waals surface area contributed by atoms with E-state index in [4.69, 9.17) is 9.57 Å². The summed E-state index contributed by atoms with van der Waals surface area (Å²) in [6.45, 7) is 0.219. The van der Waals surface area contributed by atoms with E-state index >= 15 is 0 Å². The number of hydrogen-bond acceptors (Lipinski definition) is 6. The molecule has 7 nitrogen and oxygen atoms in total. The lowest BCUT2D eigenvalue weighted by Gasteiger charge is -2.27. The summed E-state index contributed by atoms with van der Waals surface area (Å²) in [4.78, 5) is 28.5. The number of hydrogen-bond donors (Lipinski definition) is 0. The Morgan fingerprint density at radius 1 is 1.08 bits per heavy atom. The summed E-state index contributed by atoms with van der Waals surface area (Å²) >= 11 is 0. The molecular weight excluding hydrogens is 312 g/mol. The van der Waals surface area contributed by atoms with Crippen molar-refractivity contribution in [2.45, 2.75) is 12.1 Å². The van der Waals surface area contributed by atoms with E-state index in [1.807, 2.05) is 30.3 Å². The number of benzene rings is 2. The summed E-state index contributed by atoms with van der Waals surface area (Å²) in [6, 6.07) is 15.3. The van der Waals surface area contributed by atoms with Crippen LogP contribution >= 0.6 is 0 Å². The molecule has 2 aromatic carbocycles. The van der Waals surface area contributed by atoms with E-state index in [1.54, 1.807) is 17.2 Å². The molecule has 2 aromatic rings. The second-order valence-corrected chi connectivity index (χ2v) is 5.75. The molecule has 2 saturated heterocycles. The van der Waals surface area contributed by atoms with Crippen molar-refractivity contribution in [1.29, 1.82) is 0 Å². The Morgan fingerprint density at radius 3 is 2.46 bits per heavy atom. The van der Waals surface area contributed by atoms with Crippen molar-refractivity contribution in [3.8, 4) is 0 Å². The number of non-ortho nitro benzene ring substituents is 1. The Kier molecular flexibility index (Phi) is 3.42. The summed E-state index contributed by atoms with van der Waals surface area (Å²) in [5.41, 5.74) is 1.60. The van der Waals surface area contributed by atoms with Gasteiger partial charge in [0.25, 0.3) is 5.69 Å². The Hall–Kier alpha value is -2.93. The minimum absolute atomic E-state index is 0.00877. The molecule has 7 heteroatoms. The molecule has 2 aliphatic rings. The zero-order chi connectivity index (χ0) is 16.7. The second kappa shape index (κ2) is 5.61. The lowest BCUT2D eigenvalue weighted by molar-refractivity contribution is -0.384. The number of nitro groups is 1. The highest BCUT2D eigenvalue weighted by molar-refractivity contribution is 5.78. The number of cyclic esters (lactones) is 1. The fourth-order valence-corrected chi connectivity index (χ4v) is 3.23. The number of ether oxygens (including phenoxy) is 1.